The van der Waals surface area contributed by atoms with Crippen LogP contribution >= 0.6 is 34.8 Å². The van der Waals surface area contributed by atoms with Gasteiger partial charge in [0.25, 0.3) is 0 Å². The highest BCUT2D eigenvalue weighted by molar-refractivity contribution is 6.44. The third-order valence-corrected chi connectivity index (χ3v) is 3.36. The van der Waals surface area contributed by atoms with Crippen molar-refractivity contribution >= 4 is 41.1 Å². The predicted octanol–water partition coefficient (Wildman–Crippen LogP) is 4.66. The maximum absolute atomic E-state index is 12.9. The zero-order valence-corrected chi connectivity index (χ0v) is 11.0. The lowest BCUT2D eigenvalue weighted by Crippen LogP contribution is -1.93. The summed E-state index contributed by atoms with van der Waals surface area (Å²) < 4.78 is 12.9. The van der Waals surface area contributed by atoms with Crippen LogP contribution in [-0.4, -0.2) is 11.3 Å². The molecule has 0 radical (unpaired) electrons. The van der Waals surface area contributed by atoms with E-state index in [9.17, 15) is 9.18 Å². The Morgan fingerprint density at radius 3 is 2.33 bits per heavy atom. The zero-order valence-electron chi connectivity index (χ0n) is 8.75. The molecule has 2 rings (SSSR count). The first-order chi connectivity index (χ1) is 8.52. The summed E-state index contributed by atoms with van der Waals surface area (Å²) in [4.78, 5) is 14.4. The van der Waals surface area contributed by atoms with Gasteiger partial charge in [-0.15, -0.1) is 0 Å². The molecule has 0 saturated heterocycles. The molecule has 0 spiro atoms. The van der Waals surface area contributed by atoms with Crippen LogP contribution in [0.4, 0.5) is 4.39 Å². The molecule has 0 aliphatic carbocycles. The molecular weight excluding hydrogens is 299 g/mol. The Hall–Kier alpha value is -1.16. The molecule has 0 fully saturated rings. The summed E-state index contributed by atoms with van der Waals surface area (Å²) in [6.07, 6.45) is 1.75. The van der Waals surface area contributed by atoms with Gasteiger partial charge in [-0.05, 0) is 12.1 Å². The second-order valence-corrected chi connectivity index (χ2v) is 4.68. The van der Waals surface area contributed by atoms with Gasteiger partial charge in [-0.3, -0.25) is 4.79 Å². The summed E-state index contributed by atoms with van der Waals surface area (Å²) in [5.41, 5.74) is 1.01. The van der Waals surface area contributed by atoms with Crippen LogP contribution in [-0.2, 0) is 0 Å². The molecule has 0 saturated carbocycles. The Morgan fingerprint density at radius 1 is 1.00 bits per heavy atom. The van der Waals surface area contributed by atoms with E-state index in [1.165, 1.54) is 18.3 Å². The van der Waals surface area contributed by atoms with Crippen molar-refractivity contribution in [2.75, 3.05) is 0 Å². The summed E-state index contributed by atoms with van der Waals surface area (Å²) in [5, 5.41) is 0.895. The Morgan fingerprint density at radius 2 is 1.67 bits per heavy atom. The average Bonchev–Trinajstić information content (AvgIpc) is 2.34. The summed E-state index contributed by atoms with van der Waals surface area (Å²) in [7, 11) is 0. The molecule has 1 heterocycles. The van der Waals surface area contributed by atoms with Crippen LogP contribution in [0.5, 0.6) is 0 Å². The highest BCUT2D eigenvalue weighted by Crippen LogP contribution is 2.36. The van der Waals surface area contributed by atoms with Crippen LogP contribution < -0.4 is 0 Å². The number of benzene rings is 1. The first-order valence-corrected chi connectivity index (χ1v) is 5.92. The van der Waals surface area contributed by atoms with Crippen LogP contribution in [0.2, 0.25) is 15.1 Å². The number of nitrogens with zero attached hydrogens (tertiary/aromatic N) is 1. The van der Waals surface area contributed by atoms with E-state index < -0.39 is 5.95 Å². The van der Waals surface area contributed by atoms with Gasteiger partial charge in [-0.2, -0.15) is 4.39 Å². The standard InChI is InChI=1S/C12H5Cl3FNO/c13-9-3-11(15)10(14)2-7(9)8-4-17-12(16)1-6(8)5-18/h1-5H. The Balaban J connectivity index is 2.69. The van der Waals surface area contributed by atoms with E-state index in [4.69, 9.17) is 34.8 Å². The molecule has 0 aliphatic heterocycles. The third kappa shape index (κ3) is 2.48. The number of hydrogen-bond donors (Lipinski definition) is 0. The highest BCUT2D eigenvalue weighted by atomic mass is 35.5. The minimum absolute atomic E-state index is 0.141. The number of pyridine rings is 1. The van der Waals surface area contributed by atoms with Gasteiger partial charge in [0.15, 0.2) is 6.29 Å². The molecule has 18 heavy (non-hydrogen) atoms. The van der Waals surface area contributed by atoms with Gasteiger partial charge >= 0.3 is 0 Å². The van der Waals surface area contributed by atoms with Crippen molar-refractivity contribution in [2.45, 2.75) is 0 Å². The van der Waals surface area contributed by atoms with Crippen LogP contribution in [0.3, 0.4) is 0 Å². The fourth-order valence-electron chi connectivity index (χ4n) is 1.50. The number of hydrogen-bond acceptors (Lipinski definition) is 2. The average molecular weight is 305 g/mol. The van der Waals surface area contributed by atoms with E-state index >= 15 is 0 Å². The second kappa shape index (κ2) is 5.22. The first-order valence-electron chi connectivity index (χ1n) is 4.78. The normalized spacial score (nSPS) is 10.4. The summed E-state index contributed by atoms with van der Waals surface area (Å²) in [5.74, 6) is -0.739. The molecule has 1 aromatic heterocycles. The van der Waals surface area contributed by atoms with Crippen LogP contribution in [0.25, 0.3) is 11.1 Å². The zero-order chi connectivity index (χ0) is 13.3. The molecule has 2 aromatic rings. The van der Waals surface area contributed by atoms with Crippen molar-refractivity contribution in [3.8, 4) is 11.1 Å². The van der Waals surface area contributed by atoms with Crippen molar-refractivity contribution in [3.63, 3.8) is 0 Å². The van der Waals surface area contributed by atoms with E-state index in [1.807, 2.05) is 0 Å². The largest absolute Gasteiger partial charge is 0.298 e. The van der Waals surface area contributed by atoms with Gasteiger partial charge in [0.2, 0.25) is 5.95 Å². The number of aldehydes is 1. The minimum atomic E-state index is -0.739. The predicted molar refractivity (Wildman–Crippen MR) is 70.0 cm³/mol. The molecule has 0 N–H and O–H groups in total. The minimum Gasteiger partial charge on any atom is -0.298 e. The molecule has 6 heteroatoms. The van der Waals surface area contributed by atoms with Crippen molar-refractivity contribution in [3.05, 3.63) is 51.0 Å². The SMILES string of the molecule is O=Cc1cc(F)ncc1-c1cc(Cl)c(Cl)cc1Cl. The lowest BCUT2D eigenvalue weighted by atomic mass is 10.0. The highest BCUT2D eigenvalue weighted by Gasteiger charge is 2.13. The molecule has 0 unspecified atom stereocenters. The number of halogens is 4. The van der Waals surface area contributed by atoms with E-state index in [-0.39, 0.29) is 10.6 Å². The number of carbonyl (C=O) groups excluding carboxylic acids is 1. The number of rotatable bonds is 2. The molecule has 0 aliphatic rings. The Bertz CT molecular complexity index is 631. The van der Waals surface area contributed by atoms with E-state index in [0.717, 1.165) is 6.07 Å². The Kier molecular flexibility index (Phi) is 3.85. The van der Waals surface area contributed by atoms with Crippen LogP contribution in [0.15, 0.2) is 24.4 Å². The van der Waals surface area contributed by atoms with Gasteiger partial charge < -0.3 is 0 Å². The molecule has 2 nitrogen and oxygen atoms in total. The molecule has 1 aromatic carbocycles. The molecule has 0 amide bonds. The quantitative estimate of drug-likeness (QED) is 0.459. The number of carbonyl (C=O) groups is 1. The first kappa shape index (κ1) is 13.3. The van der Waals surface area contributed by atoms with E-state index in [1.54, 1.807) is 0 Å². The van der Waals surface area contributed by atoms with Gasteiger partial charge in [0.05, 0.1) is 15.1 Å². The monoisotopic (exact) mass is 303 g/mol. The third-order valence-electron chi connectivity index (χ3n) is 2.33. The maximum atomic E-state index is 12.9. The molecular formula is C12H5Cl3FNO. The topological polar surface area (TPSA) is 30.0 Å². The fraction of sp³-hybridized carbons (Fsp3) is 0. The van der Waals surface area contributed by atoms with Crippen molar-refractivity contribution in [1.29, 1.82) is 0 Å². The second-order valence-electron chi connectivity index (χ2n) is 3.46. The van der Waals surface area contributed by atoms with Crippen molar-refractivity contribution < 1.29 is 9.18 Å². The lowest BCUT2D eigenvalue weighted by molar-refractivity contribution is 0.112. The fourth-order valence-corrected chi connectivity index (χ4v) is 2.14. The molecule has 0 atom stereocenters. The van der Waals surface area contributed by atoms with E-state index in [0.29, 0.717) is 27.5 Å². The lowest BCUT2D eigenvalue weighted by Gasteiger charge is -2.08. The molecule has 92 valence electrons. The van der Waals surface area contributed by atoms with Crippen LogP contribution in [0.1, 0.15) is 10.4 Å². The smallest absolute Gasteiger partial charge is 0.213 e. The maximum Gasteiger partial charge on any atom is 0.213 e. The van der Waals surface area contributed by atoms with E-state index in [2.05, 4.69) is 4.98 Å². The van der Waals surface area contributed by atoms with Gasteiger partial charge in [0, 0.05) is 29.0 Å². The van der Waals surface area contributed by atoms with Gasteiger partial charge in [0.1, 0.15) is 0 Å². The summed E-state index contributed by atoms with van der Waals surface area (Å²) >= 11 is 17.7. The van der Waals surface area contributed by atoms with Gasteiger partial charge in [-0.25, -0.2) is 4.98 Å². The molecule has 0 bridgehead atoms. The summed E-state index contributed by atoms with van der Waals surface area (Å²) in [6.45, 7) is 0. The van der Waals surface area contributed by atoms with Gasteiger partial charge in [-0.1, -0.05) is 34.8 Å². The van der Waals surface area contributed by atoms with Crippen molar-refractivity contribution in [2.24, 2.45) is 0 Å². The summed E-state index contributed by atoms with van der Waals surface area (Å²) in [6, 6.07) is 3.99. The Labute approximate surface area is 117 Å². The van der Waals surface area contributed by atoms with Crippen LogP contribution in [0, 0.1) is 5.95 Å². The van der Waals surface area contributed by atoms with Crippen molar-refractivity contribution in [1.82, 2.24) is 4.98 Å². The number of aromatic nitrogens is 1.